The average Bonchev–Trinajstić information content (AvgIpc) is 3.65. The number of rotatable bonds is 0. The molecule has 0 amide bonds. The first kappa shape index (κ1) is 31.2. The molecule has 0 radical (unpaired) electrons. The zero-order valence-electron chi connectivity index (χ0n) is 31.4. The lowest BCUT2D eigenvalue weighted by molar-refractivity contribution is -0.243. The van der Waals surface area contributed by atoms with Crippen LogP contribution >= 0.6 is 0 Å². The van der Waals surface area contributed by atoms with E-state index in [2.05, 4.69) is 51.3 Å². The molecule has 7 fully saturated rings. The molecular formula is C42H63BN2O4. The molecule has 6 aliphatic heterocycles. The highest BCUT2D eigenvalue weighted by molar-refractivity contribution is 6.76. The topological polar surface area (TPSA) is 43.4 Å². The van der Waals surface area contributed by atoms with E-state index in [-0.39, 0.29) is 18.3 Å². The van der Waals surface area contributed by atoms with Gasteiger partial charge in [0.1, 0.15) is 12.2 Å². The second-order valence-electron chi connectivity index (χ2n) is 21.0. The van der Waals surface area contributed by atoms with Crippen LogP contribution in [-0.2, 0) is 18.9 Å². The molecule has 15 unspecified atom stereocenters. The minimum absolute atomic E-state index is 0.195. The van der Waals surface area contributed by atoms with Gasteiger partial charge >= 0.3 is 0 Å². The van der Waals surface area contributed by atoms with Crippen LogP contribution < -0.4 is 0 Å². The molecule has 7 heteroatoms. The van der Waals surface area contributed by atoms with E-state index in [4.69, 9.17) is 18.9 Å². The first-order valence-electron chi connectivity index (χ1n) is 21.2. The van der Waals surface area contributed by atoms with E-state index in [1.54, 1.807) is 11.2 Å². The van der Waals surface area contributed by atoms with Crippen molar-refractivity contribution in [3.63, 3.8) is 0 Å². The van der Waals surface area contributed by atoms with E-state index < -0.39 is 0 Å². The number of morpholine rings is 2. The third kappa shape index (κ3) is 4.33. The van der Waals surface area contributed by atoms with Crippen LogP contribution in [0.2, 0.25) is 5.82 Å². The van der Waals surface area contributed by atoms with Gasteiger partial charge in [0.2, 0.25) is 0 Å². The molecule has 268 valence electrons. The van der Waals surface area contributed by atoms with Gasteiger partial charge in [0.25, 0.3) is 6.71 Å². The van der Waals surface area contributed by atoms with Crippen molar-refractivity contribution in [3.8, 4) is 0 Å². The summed E-state index contributed by atoms with van der Waals surface area (Å²) in [6.07, 6.45) is 20.6. The largest absolute Gasteiger partial charge is 0.502 e. The van der Waals surface area contributed by atoms with Crippen LogP contribution in [0.15, 0.2) is 22.7 Å². The summed E-state index contributed by atoms with van der Waals surface area (Å²) in [6, 6.07) is 1.69. The van der Waals surface area contributed by atoms with Crippen molar-refractivity contribution in [1.29, 1.82) is 0 Å². The molecule has 5 aliphatic carbocycles. The molecule has 6 heterocycles. The molecule has 15 atom stereocenters. The predicted octanol–water partition coefficient (Wildman–Crippen LogP) is 8.27. The van der Waals surface area contributed by atoms with Gasteiger partial charge in [-0.1, -0.05) is 54.4 Å². The molecule has 0 N–H and O–H groups in total. The smallest absolute Gasteiger partial charge is 0.266 e. The van der Waals surface area contributed by atoms with E-state index in [1.807, 2.05) is 0 Å². The standard InChI is InChI=1S/C42H63BN2O4/c1-41(2,3)22-15-17-26-30(19-22)46-32-21-33-38-35-37(32)44(26)36-25-12-8-10-14-29(25)48-39(36)43(35)34-24-11-7-9-13-28(24)49-40(34)45(38)27-18-16-23(42(4,5)6)20-31(27)47-33/h22-33,35,37-38H,7-21H2,1-6H3. The minimum Gasteiger partial charge on any atom is -0.502 e. The molecule has 11 aliphatic rings. The van der Waals surface area contributed by atoms with Crippen LogP contribution in [0.4, 0.5) is 0 Å². The molecular weight excluding hydrogens is 607 g/mol. The molecule has 0 aromatic carbocycles. The Morgan fingerprint density at radius 3 is 1.73 bits per heavy atom. The normalized spacial score (nSPS) is 49.5. The quantitative estimate of drug-likeness (QED) is 0.242. The summed E-state index contributed by atoms with van der Waals surface area (Å²) in [7, 11) is 0. The number of hydrogen-bond donors (Lipinski definition) is 0. The lowest BCUT2D eigenvalue weighted by Gasteiger charge is -2.68. The molecule has 6 nitrogen and oxygen atoms in total. The van der Waals surface area contributed by atoms with Crippen molar-refractivity contribution < 1.29 is 18.9 Å². The van der Waals surface area contributed by atoms with E-state index in [9.17, 15) is 0 Å². The summed E-state index contributed by atoms with van der Waals surface area (Å²) in [5.74, 6) is 4.30. The Hall–Kier alpha value is -1.34. The van der Waals surface area contributed by atoms with Crippen LogP contribution in [-0.4, -0.2) is 77.3 Å². The fraction of sp³-hybridized carbons (Fsp3) is 0.905. The van der Waals surface area contributed by atoms with E-state index in [0.717, 1.165) is 12.3 Å². The zero-order chi connectivity index (χ0) is 33.1. The van der Waals surface area contributed by atoms with Crippen molar-refractivity contribution in [3.05, 3.63) is 22.7 Å². The minimum atomic E-state index is 0.195. The third-order valence-corrected chi connectivity index (χ3v) is 16.7. The molecule has 5 saturated carbocycles. The van der Waals surface area contributed by atoms with Crippen LogP contribution in [0, 0.1) is 34.5 Å². The molecule has 0 bridgehead atoms. The van der Waals surface area contributed by atoms with Gasteiger partial charge < -0.3 is 28.7 Å². The summed E-state index contributed by atoms with van der Waals surface area (Å²) in [5.41, 5.74) is 5.38. The second-order valence-corrected chi connectivity index (χ2v) is 21.0. The zero-order valence-corrected chi connectivity index (χ0v) is 31.4. The number of ether oxygens (including phenoxy) is 4. The molecule has 0 aromatic rings. The second kappa shape index (κ2) is 10.6. The summed E-state index contributed by atoms with van der Waals surface area (Å²) in [6.45, 7) is 15.1. The van der Waals surface area contributed by atoms with E-state index >= 15 is 0 Å². The summed E-state index contributed by atoms with van der Waals surface area (Å²) >= 11 is 0. The lowest BCUT2D eigenvalue weighted by Crippen LogP contribution is -2.77. The molecule has 0 aromatic heterocycles. The Labute approximate surface area is 296 Å². The summed E-state index contributed by atoms with van der Waals surface area (Å²) in [4.78, 5) is 6.03. The Bertz CT molecular complexity index is 1450. The van der Waals surface area contributed by atoms with Crippen LogP contribution in [0.3, 0.4) is 0 Å². The predicted molar refractivity (Wildman–Crippen MR) is 192 cm³/mol. The summed E-state index contributed by atoms with van der Waals surface area (Å²) < 4.78 is 29.9. The monoisotopic (exact) mass is 670 g/mol. The maximum Gasteiger partial charge on any atom is 0.266 e. The van der Waals surface area contributed by atoms with Crippen molar-refractivity contribution in [2.45, 2.75) is 204 Å². The Morgan fingerprint density at radius 1 is 0.551 bits per heavy atom. The first-order chi connectivity index (χ1) is 23.6. The SMILES string of the molecule is CC(C)(C)C1CCC2C(C1)OC1CC3OC4CC(C(C)(C)C)CCC4N4C5=C(OC6CCCCC56)B5C6=C(OC7CCCCC67)N2C1C5C34. The van der Waals surface area contributed by atoms with Gasteiger partial charge in [0.15, 0.2) is 5.88 Å². The third-order valence-electron chi connectivity index (χ3n) is 16.7. The average molecular weight is 671 g/mol. The van der Waals surface area contributed by atoms with Gasteiger partial charge in [-0.3, -0.25) is 0 Å². The molecule has 11 rings (SSSR count). The van der Waals surface area contributed by atoms with Gasteiger partial charge in [-0.15, -0.1) is 0 Å². The van der Waals surface area contributed by atoms with Crippen molar-refractivity contribution in [1.82, 2.24) is 9.80 Å². The highest BCUT2D eigenvalue weighted by Gasteiger charge is 2.71. The van der Waals surface area contributed by atoms with Crippen LogP contribution in [0.5, 0.6) is 0 Å². The number of hydrogen-bond acceptors (Lipinski definition) is 6. The maximum absolute atomic E-state index is 7.58. The first-order valence-corrected chi connectivity index (χ1v) is 21.2. The Balaban J connectivity index is 1.08. The van der Waals surface area contributed by atoms with Gasteiger partial charge in [0.05, 0.1) is 54.2 Å². The van der Waals surface area contributed by atoms with Gasteiger partial charge in [0, 0.05) is 24.0 Å². The van der Waals surface area contributed by atoms with E-state index in [0.29, 0.717) is 83.6 Å². The van der Waals surface area contributed by atoms with Crippen LogP contribution in [0.1, 0.15) is 138 Å². The number of fused-ring (bicyclic) bond motifs is 12. The van der Waals surface area contributed by atoms with Crippen LogP contribution in [0.25, 0.3) is 0 Å². The van der Waals surface area contributed by atoms with E-state index in [1.165, 1.54) is 101 Å². The van der Waals surface area contributed by atoms with Gasteiger partial charge in [-0.2, -0.15) is 0 Å². The molecule has 0 spiro atoms. The fourth-order valence-electron chi connectivity index (χ4n) is 14.4. The van der Waals surface area contributed by atoms with Crippen molar-refractivity contribution in [2.75, 3.05) is 0 Å². The van der Waals surface area contributed by atoms with Crippen molar-refractivity contribution in [2.24, 2.45) is 34.5 Å². The Morgan fingerprint density at radius 2 is 1.10 bits per heavy atom. The number of nitrogens with zero attached hydrogens (tertiary/aromatic N) is 2. The maximum atomic E-state index is 7.58. The highest BCUT2D eigenvalue weighted by Crippen LogP contribution is 2.65. The molecule has 49 heavy (non-hydrogen) atoms. The summed E-state index contributed by atoms with van der Waals surface area (Å²) in [5, 5.41) is 0. The van der Waals surface area contributed by atoms with Gasteiger partial charge in [-0.25, -0.2) is 0 Å². The molecule has 2 saturated heterocycles. The van der Waals surface area contributed by atoms with Gasteiger partial charge in [-0.05, 0) is 111 Å². The highest BCUT2D eigenvalue weighted by atomic mass is 16.5. The van der Waals surface area contributed by atoms with Crippen molar-refractivity contribution >= 4 is 6.71 Å². The lowest BCUT2D eigenvalue weighted by atomic mass is 9.26. The fourth-order valence-corrected chi connectivity index (χ4v) is 14.4. The Kier molecular flexibility index (Phi) is 6.77.